The zero-order valence-corrected chi connectivity index (χ0v) is 11.4. The van der Waals surface area contributed by atoms with E-state index >= 15 is 0 Å². The van der Waals surface area contributed by atoms with E-state index < -0.39 is 35.7 Å². The summed E-state index contributed by atoms with van der Waals surface area (Å²) in [5, 5.41) is 10.4. The largest absolute Gasteiger partial charge is 0.444 e. The minimum Gasteiger partial charge on any atom is -0.444 e. The molecule has 0 saturated carbocycles. The van der Waals surface area contributed by atoms with Gasteiger partial charge in [-0.1, -0.05) is 0 Å². The highest BCUT2D eigenvalue weighted by atomic mass is 16.6. The Balaban J connectivity index is 3.33. The number of carbonyl (C=O) groups excluding carboxylic acids is 1. The van der Waals surface area contributed by atoms with Crippen molar-refractivity contribution in [2.45, 2.75) is 71.1 Å². The third-order valence-corrected chi connectivity index (χ3v) is 2.38. The van der Waals surface area contributed by atoms with E-state index in [0.29, 0.717) is 0 Å². The highest BCUT2D eigenvalue weighted by Gasteiger charge is 2.43. The molecule has 0 aromatic carbocycles. The maximum absolute atomic E-state index is 12.4. The summed E-state index contributed by atoms with van der Waals surface area (Å²) in [6.45, 7) is 6.56. The quantitative estimate of drug-likeness (QED) is 0.715. The van der Waals surface area contributed by atoms with E-state index in [4.69, 9.17) is 10.2 Å². The number of amides is 1. The van der Waals surface area contributed by atoms with Crippen LogP contribution >= 0.6 is 0 Å². The third kappa shape index (κ3) is 3.87. The predicted octanol–water partition coefficient (Wildman–Crippen LogP) is 2.55. The molecule has 0 bridgehead atoms. The van der Waals surface area contributed by atoms with E-state index in [2.05, 4.69) is 0 Å². The first-order valence-electron chi connectivity index (χ1n) is 7.71. The molecule has 0 aromatic rings. The summed E-state index contributed by atoms with van der Waals surface area (Å²) in [4.78, 5) is 13.2. The number of nitrogens with zero attached hydrogens (tertiary/aromatic N) is 1. The lowest BCUT2D eigenvalue weighted by atomic mass is 9.83. The van der Waals surface area contributed by atoms with Crippen molar-refractivity contribution >= 4 is 6.09 Å². The molecule has 1 aliphatic heterocycles. The van der Waals surface area contributed by atoms with Gasteiger partial charge in [-0.15, -0.1) is 0 Å². The number of rotatable bonds is 0. The van der Waals surface area contributed by atoms with Gasteiger partial charge in [-0.3, -0.25) is 0 Å². The zero-order valence-electron chi connectivity index (χ0n) is 15.4. The summed E-state index contributed by atoms with van der Waals surface area (Å²) in [6, 6.07) is 0. The van der Waals surface area contributed by atoms with Crippen molar-refractivity contribution in [2.75, 3.05) is 6.50 Å². The van der Waals surface area contributed by atoms with Crippen LogP contribution in [0.2, 0.25) is 0 Å². The Morgan fingerprint density at radius 3 is 2.41 bits per heavy atom. The number of carbonyl (C=O) groups is 1. The highest BCUT2D eigenvalue weighted by molar-refractivity contribution is 5.69. The maximum Gasteiger partial charge on any atom is 0.410 e. The molecule has 1 atom stereocenters. The Hall–Kier alpha value is -0.770. The minimum absolute atomic E-state index is 0.203. The molecule has 4 nitrogen and oxygen atoms in total. The Morgan fingerprint density at radius 1 is 1.41 bits per heavy atom. The molecule has 0 aliphatic carbocycles. The van der Waals surface area contributed by atoms with Crippen LogP contribution in [0.3, 0.4) is 0 Å². The van der Waals surface area contributed by atoms with Gasteiger partial charge in [0.25, 0.3) is 0 Å². The molecule has 0 spiro atoms. The van der Waals surface area contributed by atoms with Crippen molar-refractivity contribution in [2.24, 2.45) is 0 Å². The predicted molar refractivity (Wildman–Crippen MR) is 66.9 cm³/mol. The zero-order chi connectivity index (χ0) is 17.1. The number of hydrogen-bond donors (Lipinski definition) is 1. The molecular formula is C13H25NO3. The minimum atomic E-state index is -2.61. The van der Waals surface area contributed by atoms with Crippen LogP contribution in [0.4, 0.5) is 4.79 Å². The number of likely N-dealkylation sites (tertiary alicyclic amines) is 1. The van der Waals surface area contributed by atoms with Gasteiger partial charge in [-0.25, -0.2) is 4.79 Å². The van der Waals surface area contributed by atoms with Gasteiger partial charge >= 0.3 is 6.09 Å². The molecule has 1 aliphatic rings. The van der Waals surface area contributed by atoms with Crippen LogP contribution in [0.25, 0.3) is 0 Å². The van der Waals surface area contributed by atoms with Gasteiger partial charge in [0.15, 0.2) is 0 Å². The van der Waals surface area contributed by atoms with Crippen LogP contribution in [-0.4, -0.2) is 39.3 Å². The summed E-state index contributed by atoms with van der Waals surface area (Å²) in [5.41, 5.74) is -4.31. The maximum atomic E-state index is 12.4. The van der Waals surface area contributed by atoms with Crippen molar-refractivity contribution in [1.29, 1.82) is 0 Å². The second-order valence-electron chi connectivity index (χ2n) is 6.17. The smallest absolute Gasteiger partial charge is 0.410 e. The van der Waals surface area contributed by atoms with Crippen LogP contribution in [0.1, 0.15) is 59.8 Å². The summed E-state index contributed by atoms with van der Waals surface area (Å²) in [7, 11) is 0. The average molecular weight is 247 g/mol. The molecule has 0 unspecified atom stereocenters. The molecule has 1 rings (SSSR count). The normalized spacial score (nSPS) is 38.4. The lowest BCUT2D eigenvalue weighted by Crippen LogP contribution is -2.59. The molecular weight excluding hydrogens is 218 g/mol. The molecule has 0 aromatic heterocycles. The number of aliphatic hydroxyl groups is 1. The average Bonchev–Trinajstić information content (AvgIpc) is 2.08. The van der Waals surface area contributed by atoms with Crippen LogP contribution in [0.15, 0.2) is 0 Å². The Morgan fingerprint density at radius 2 is 1.94 bits per heavy atom. The van der Waals surface area contributed by atoms with E-state index in [1.165, 1.54) is 0 Å². The van der Waals surface area contributed by atoms with Gasteiger partial charge in [0, 0.05) is 8.28 Å². The van der Waals surface area contributed by atoms with Gasteiger partial charge in [-0.2, -0.15) is 0 Å². The Kier molecular flexibility index (Phi) is 2.25. The lowest BCUT2D eigenvalue weighted by Gasteiger charge is -2.47. The number of hydrogen-bond acceptors (Lipinski definition) is 3. The van der Waals surface area contributed by atoms with Crippen molar-refractivity contribution in [3.63, 3.8) is 0 Å². The standard InChI is InChI=1S/C13H25NO3/c1-11(2,3)17-10(15)14-9-13(6,16)8-7-12(14,4)5/h16H,7-9H2,1-6H3/t13-/m0/s1/i8D2,9D2. The van der Waals surface area contributed by atoms with Crippen molar-refractivity contribution in [3.05, 3.63) is 0 Å². The van der Waals surface area contributed by atoms with Gasteiger partial charge < -0.3 is 14.7 Å². The molecule has 0 radical (unpaired) electrons. The second-order valence-corrected chi connectivity index (χ2v) is 6.17. The van der Waals surface area contributed by atoms with Crippen LogP contribution in [0.5, 0.6) is 0 Å². The highest BCUT2D eigenvalue weighted by Crippen LogP contribution is 2.33. The first kappa shape index (κ1) is 9.20. The van der Waals surface area contributed by atoms with E-state index in [1.807, 2.05) is 0 Å². The molecule has 4 heteroatoms. The molecule has 1 fully saturated rings. The first-order valence-corrected chi connectivity index (χ1v) is 5.71. The second kappa shape index (κ2) is 4.16. The summed E-state index contributed by atoms with van der Waals surface area (Å²) in [6.07, 6.45) is -3.29. The van der Waals surface area contributed by atoms with Crippen LogP contribution < -0.4 is 0 Å². The monoisotopic (exact) mass is 247 g/mol. The Labute approximate surface area is 110 Å². The fourth-order valence-electron chi connectivity index (χ4n) is 1.48. The van der Waals surface area contributed by atoms with Crippen molar-refractivity contribution in [1.82, 2.24) is 4.90 Å². The van der Waals surface area contributed by atoms with E-state index in [1.54, 1.807) is 34.6 Å². The molecule has 1 N–H and O–H groups in total. The summed E-state index contributed by atoms with van der Waals surface area (Å²) >= 11 is 0. The Bertz CT molecular complexity index is 441. The number of β-amino-alcohol motifs (C(OH)–C–C–N with tert-alkyl or cyclic N) is 1. The number of piperidine rings is 1. The molecule has 1 amide bonds. The van der Waals surface area contributed by atoms with E-state index in [0.717, 1.165) is 11.8 Å². The van der Waals surface area contributed by atoms with Gasteiger partial charge in [-0.05, 0) is 54.3 Å². The van der Waals surface area contributed by atoms with E-state index in [-0.39, 0.29) is 6.42 Å². The fourth-order valence-corrected chi connectivity index (χ4v) is 1.48. The fraction of sp³-hybridized carbons (Fsp3) is 0.923. The summed E-state index contributed by atoms with van der Waals surface area (Å²) < 4.78 is 37.4. The van der Waals surface area contributed by atoms with E-state index in [9.17, 15) is 9.90 Å². The van der Waals surface area contributed by atoms with Gasteiger partial charge in [0.1, 0.15) is 5.60 Å². The molecule has 1 heterocycles. The topological polar surface area (TPSA) is 49.8 Å². The molecule has 100 valence electrons. The van der Waals surface area contributed by atoms with Gasteiger partial charge in [0.05, 0.1) is 14.8 Å². The van der Waals surface area contributed by atoms with Crippen molar-refractivity contribution < 1.29 is 20.1 Å². The molecule has 1 saturated heterocycles. The lowest BCUT2D eigenvalue weighted by molar-refractivity contribution is -0.0722. The summed E-state index contributed by atoms with van der Waals surface area (Å²) in [5.74, 6) is 0. The van der Waals surface area contributed by atoms with Crippen LogP contribution in [0, 0.1) is 0 Å². The first-order chi connectivity index (χ1) is 8.96. The molecule has 17 heavy (non-hydrogen) atoms. The number of ether oxygens (including phenoxy) is 1. The van der Waals surface area contributed by atoms with Crippen molar-refractivity contribution in [3.8, 4) is 0 Å². The van der Waals surface area contributed by atoms with Crippen LogP contribution in [-0.2, 0) is 4.74 Å². The third-order valence-electron chi connectivity index (χ3n) is 2.38. The van der Waals surface area contributed by atoms with Gasteiger partial charge in [0.2, 0.25) is 0 Å². The SMILES string of the molecule is [2H]C1([2H])CC(C)(C)N(C(=O)OC(C)(C)C)C([2H])([2H])[C@@]1(C)O.